The zero-order valence-electron chi connectivity index (χ0n) is 18.6. The zero-order valence-corrected chi connectivity index (χ0v) is 24.6. The van der Waals surface area contributed by atoms with E-state index in [1.165, 1.54) is 31.9 Å². The maximum atomic E-state index is 11.9. The Labute approximate surface area is 238 Å². The van der Waals surface area contributed by atoms with Crippen LogP contribution in [0.25, 0.3) is 0 Å². The van der Waals surface area contributed by atoms with Crippen LogP contribution < -0.4 is 104 Å². The number of rotatable bonds is 13. The second-order valence-electron chi connectivity index (χ2n) is 6.18. The molecule has 0 aliphatic heterocycles. The molecular formula is C17H27N2Na3O7. The van der Waals surface area contributed by atoms with Crippen molar-refractivity contribution in [3.63, 3.8) is 0 Å². The fraction of sp³-hybridized carbons (Fsp3) is 0.706. The number of hydrogen-bond donors (Lipinski definition) is 1. The van der Waals surface area contributed by atoms with Gasteiger partial charge in [0.1, 0.15) is 6.04 Å². The minimum Gasteiger partial charge on any atom is -0.874 e. The Morgan fingerprint density at radius 1 is 0.897 bits per heavy atom. The van der Waals surface area contributed by atoms with Gasteiger partial charge in [-0.15, -0.1) is 5.76 Å². The number of allylic oxidation sites excluding steroid dienone is 1. The summed E-state index contributed by atoms with van der Waals surface area (Å²) < 4.78 is 0. The number of carbonyl (C=O) groups excluding carboxylic acids is 2. The second-order valence-corrected chi connectivity index (χ2v) is 6.18. The fourth-order valence-electron chi connectivity index (χ4n) is 2.34. The average Bonchev–Trinajstić information content (AvgIpc) is 2.57. The molecule has 0 fully saturated rings. The summed E-state index contributed by atoms with van der Waals surface area (Å²) in [5.74, 6) is -4.32. The van der Waals surface area contributed by atoms with Crippen molar-refractivity contribution in [2.24, 2.45) is 0 Å². The van der Waals surface area contributed by atoms with Crippen LogP contribution in [0.2, 0.25) is 0 Å². The molecule has 0 spiro atoms. The van der Waals surface area contributed by atoms with Gasteiger partial charge in [0.2, 0.25) is 0 Å². The van der Waals surface area contributed by atoms with Crippen molar-refractivity contribution in [1.29, 1.82) is 0 Å². The van der Waals surface area contributed by atoms with Gasteiger partial charge < -0.3 is 34.9 Å². The van der Waals surface area contributed by atoms with Gasteiger partial charge >= 0.3 is 94.6 Å². The Hall–Kier alpha value is 0.710. The monoisotopic (exact) mass is 440 g/mol. The smallest absolute Gasteiger partial charge is 0.874 e. The molecule has 0 heterocycles. The molecule has 3 atom stereocenters. The summed E-state index contributed by atoms with van der Waals surface area (Å²) >= 11 is 0. The minimum absolute atomic E-state index is 0. The van der Waals surface area contributed by atoms with Crippen molar-refractivity contribution in [3.8, 4) is 0 Å². The summed E-state index contributed by atoms with van der Waals surface area (Å²) in [5, 5.41) is 43.4. The van der Waals surface area contributed by atoms with Gasteiger partial charge in [0.05, 0.1) is 18.0 Å². The van der Waals surface area contributed by atoms with E-state index < -0.39 is 36.0 Å². The van der Waals surface area contributed by atoms with Crippen LogP contribution in [0.1, 0.15) is 47.0 Å². The molecule has 0 bridgehead atoms. The Balaban J connectivity index is -0.00000104. The summed E-state index contributed by atoms with van der Waals surface area (Å²) in [6, 6.07) is -3.45. The molecule has 0 aromatic carbocycles. The van der Waals surface area contributed by atoms with Crippen molar-refractivity contribution in [3.05, 3.63) is 12.0 Å². The van der Waals surface area contributed by atoms with Gasteiger partial charge in [-0.1, -0.05) is 19.8 Å². The second kappa shape index (κ2) is 19.4. The van der Waals surface area contributed by atoms with Gasteiger partial charge in [-0.25, -0.2) is 0 Å². The van der Waals surface area contributed by atoms with Gasteiger partial charge in [0, 0.05) is 19.1 Å². The quantitative estimate of drug-likeness (QED) is 0.218. The van der Waals surface area contributed by atoms with Crippen molar-refractivity contribution in [1.82, 2.24) is 9.80 Å². The van der Waals surface area contributed by atoms with Crippen molar-refractivity contribution >= 4 is 17.9 Å². The molecular weight excluding hydrogens is 413 g/mol. The van der Waals surface area contributed by atoms with Crippen LogP contribution in [0.4, 0.5) is 0 Å². The van der Waals surface area contributed by atoms with Gasteiger partial charge in [-0.05, 0) is 33.4 Å². The molecule has 0 rings (SSSR count). The molecule has 0 aliphatic carbocycles. The number of aliphatic carboxylic acids is 3. The van der Waals surface area contributed by atoms with E-state index in [1.807, 2.05) is 6.92 Å². The van der Waals surface area contributed by atoms with E-state index in [0.717, 1.165) is 11.3 Å². The molecule has 0 aliphatic rings. The van der Waals surface area contributed by atoms with Crippen LogP contribution in [0.15, 0.2) is 12.0 Å². The van der Waals surface area contributed by atoms with E-state index >= 15 is 0 Å². The first-order valence-electron chi connectivity index (χ1n) is 8.56. The SMILES string of the molecule is CCCC/C([O-])=C/N(CCN(C(C)C(=O)[O-])C(C)C(=O)O)C(C)C(=O)[O-].[Na+].[Na+].[Na+]. The normalized spacial score (nSPS) is 13.8. The number of nitrogens with zero attached hydrogens (tertiary/aromatic N) is 2. The molecule has 1 N–H and O–H groups in total. The van der Waals surface area contributed by atoms with Crippen molar-refractivity contribution in [2.75, 3.05) is 13.1 Å². The molecule has 0 aromatic heterocycles. The van der Waals surface area contributed by atoms with E-state index in [2.05, 4.69) is 0 Å². The largest absolute Gasteiger partial charge is 1.00 e. The molecule has 0 saturated carbocycles. The first kappa shape index (κ1) is 37.0. The van der Waals surface area contributed by atoms with Crippen molar-refractivity contribution < 1.29 is 123 Å². The summed E-state index contributed by atoms with van der Waals surface area (Å²) in [7, 11) is 0. The molecule has 0 radical (unpaired) electrons. The Kier molecular flexibility index (Phi) is 24.8. The number of carbonyl (C=O) groups is 3. The van der Waals surface area contributed by atoms with Crippen LogP contribution in [-0.4, -0.2) is 64.0 Å². The van der Waals surface area contributed by atoms with E-state index in [9.17, 15) is 29.7 Å². The van der Waals surface area contributed by atoms with Crippen molar-refractivity contribution in [2.45, 2.75) is 65.1 Å². The summed E-state index contributed by atoms with van der Waals surface area (Å²) in [5.41, 5.74) is 0. The molecule has 0 aromatic rings. The van der Waals surface area contributed by atoms with E-state index in [0.29, 0.717) is 6.42 Å². The zero-order chi connectivity index (χ0) is 20.4. The Bertz CT molecular complexity index is 515. The standard InChI is InChI=1S/C17H30N2O7.3Na/c1-5-6-7-14(20)10-18(11(2)15(21)22)8-9-19(12(3)16(23)24)13(4)17(25)26;;;/h10-13,20H,5-9H2,1-4H3,(H,21,22)(H,23,24)(H,25,26);;;/q;3*+1/p-3/b14-10-;;;. The average molecular weight is 440 g/mol. The topological polar surface area (TPSA) is 147 Å². The number of carboxylic acids is 3. The molecule has 0 saturated heterocycles. The van der Waals surface area contributed by atoms with Gasteiger partial charge in [-0.3, -0.25) is 9.69 Å². The minimum atomic E-state index is -1.44. The van der Waals surface area contributed by atoms with Crippen LogP contribution in [0.5, 0.6) is 0 Å². The molecule has 12 heteroatoms. The van der Waals surface area contributed by atoms with E-state index in [-0.39, 0.29) is 114 Å². The first-order valence-corrected chi connectivity index (χ1v) is 8.56. The molecule has 0 amide bonds. The fourth-order valence-corrected chi connectivity index (χ4v) is 2.34. The molecule has 150 valence electrons. The molecule has 9 nitrogen and oxygen atoms in total. The number of carboxylic acid groups (broad SMARTS) is 3. The molecule has 3 unspecified atom stereocenters. The van der Waals surface area contributed by atoms with Gasteiger partial charge in [-0.2, -0.15) is 0 Å². The van der Waals surface area contributed by atoms with Gasteiger partial charge in [0.15, 0.2) is 0 Å². The summed E-state index contributed by atoms with van der Waals surface area (Å²) in [6.07, 6.45) is 2.90. The first-order chi connectivity index (χ1) is 12.0. The number of unbranched alkanes of at least 4 members (excludes halogenated alkanes) is 1. The number of hydrogen-bond acceptors (Lipinski definition) is 8. The van der Waals surface area contributed by atoms with E-state index in [4.69, 9.17) is 5.11 Å². The predicted octanol–water partition coefficient (Wildman–Crippen LogP) is -11.3. The van der Waals surface area contributed by atoms with Crippen LogP contribution in [0.3, 0.4) is 0 Å². The maximum absolute atomic E-state index is 11.9. The van der Waals surface area contributed by atoms with Crippen LogP contribution >= 0.6 is 0 Å². The maximum Gasteiger partial charge on any atom is 1.00 e. The Morgan fingerprint density at radius 2 is 1.38 bits per heavy atom. The van der Waals surface area contributed by atoms with E-state index in [1.54, 1.807) is 0 Å². The summed E-state index contributed by atoms with van der Waals surface area (Å²) in [6.45, 7) is 5.73. The third-order valence-electron chi connectivity index (χ3n) is 4.23. The third-order valence-corrected chi connectivity index (χ3v) is 4.23. The Morgan fingerprint density at radius 3 is 1.76 bits per heavy atom. The van der Waals surface area contributed by atoms with Crippen LogP contribution in [0, 0.1) is 0 Å². The predicted molar refractivity (Wildman–Crippen MR) is 87.1 cm³/mol. The summed E-state index contributed by atoms with van der Waals surface area (Å²) in [4.78, 5) is 35.9. The third kappa shape index (κ3) is 14.4. The van der Waals surface area contributed by atoms with Gasteiger partial charge in [0.25, 0.3) is 0 Å². The molecule has 29 heavy (non-hydrogen) atoms. The van der Waals surface area contributed by atoms with Crippen LogP contribution in [-0.2, 0) is 14.4 Å².